The number of hydrogen-bond acceptors (Lipinski definition) is 4. The lowest BCUT2D eigenvalue weighted by molar-refractivity contribution is 0.0699. The predicted octanol–water partition coefficient (Wildman–Crippen LogP) is 1.01. The number of carboxylic acids is 1. The van der Waals surface area contributed by atoms with Crippen molar-refractivity contribution in [2.75, 3.05) is 33.2 Å². The highest BCUT2D eigenvalue weighted by Crippen LogP contribution is 2.17. The lowest BCUT2D eigenvalue weighted by atomic mass is 10.2. The van der Waals surface area contributed by atoms with Gasteiger partial charge in [-0.1, -0.05) is 6.07 Å². The van der Waals surface area contributed by atoms with Gasteiger partial charge < -0.3 is 15.0 Å². The van der Waals surface area contributed by atoms with Crippen LogP contribution in [0.3, 0.4) is 0 Å². The van der Waals surface area contributed by atoms with Crippen LogP contribution in [0.15, 0.2) is 18.2 Å². The highest BCUT2D eigenvalue weighted by molar-refractivity contribution is 6.00. The van der Waals surface area contributed by atoms with Gasteiger partial charge >= 0.3 is 5.97 Å². The van der Waals surface area contributed by atoms with E-state index in [1.807, 2.05) is 6.07 Å². The number of piperazine rings is 1. The number of fused-ring (bicyclic) bond motifs is 1. The van der Waals surface area contributed by atoms with Crippen molar-refractivity contribution in [1.29, 1.82) is 0 Å². The molecular weight excluding hydrogens is 256 g/mol. The predicted molar refractivity (Wildman–Crippen MR) is 75.8 cm³/mol. The third-order valence-corrected chi connectivity index (χ3v) is 3.76. The maximum atomic E-state index is 11.2. The molecule has 3 rings (SSSR count). The molecule has 0 spiro atoms. The minimum Gasteiger partial charge on any atom is -0.478 e. The first-order chi connectivity index (χ1) is 9.63. The van der Waals surface area contributed by atoms with Gasteiger partial charge in [0.05, 0.1) is 17.6 Å². The van der Waals surface area contributed by atoms with Crippen LogP contribution in [0.2, 0.25) is 0 Å². The molecule has 2 N–H and O–H groups in total. The fraction of sp³-hybridized carbons (Fsp3) is 0.429. The fourth-order valence-electron chi connectivity index (χ4n) is 2.55. The number of nitrogens with one attached hydrogen (secondary N) is 1. The molecule has 6 nitrogen and oxygen atoms in total. The molecule has 2 heterocycles. The van der Waals surface area contributed by atoms with Gasteiger partial charge in [0.15, 0.2) is 0 Å². The van der Waals surface area contributed by atoms with E-state index in [-0.39, 0.29) is 5.56 Å². The van der Waals surface area contributed by atoms with Crippen molar-refractivity contribution in [1.82, 2.24) is 19.8 Å². The van der Waals surface area contributed by atoms with Crippen molar-refractivity contribution in [3.05, 3.63) is 29.6 Å². The lowest BCUT2D eigenvalue weighted by Crippen LogP contribution is -2.44. The number of rotatable bonds is 3. The van der Waals surface area contributed by atoms with Crippen LogP contribution in [0.4, 0.5) is 0 Å². The second kappa shape index (κ2) is 5.22. The van der Waals surface area contributed by atoms with Gasteiger partial charge in [0.25, 0.3) is 0 Å². The first kappa shape index (κ1) is 13.1. The number of aromatic carboxylic acids is 1. The number of hydrogen-bond donors (Lipinski definition) is 2. The van der Waals surface area contributed by atoms with E-state index in [4.69, 9.17) is 0 Å². The van der Waals surface area contributed by atoms with Crippen LogP contribution in [-0.4, -0.2) is 64.1 Å². The molecular formula is C14H18N4O2. The van der Waals surface area contributed by atoms with Gasteiger partial charge in [0.2, 0.25) is 0 Å². The number of H-pyrrole nitrogens is 1. The molecule has 1 fully saturated rings. The van der Waals surface area contributed by atoms with Gasteiger partial charge in [-0.05, 0) is 19.2 Å². The van der Waals surface area contributed by atoms with E-state index in [0.29, 0.717) is 5.52 Å². The second-order valence-electron chi connectivity index (χ2n) is 5.27. The molecule has 0 radical (unpaired) electrons. The Labute approximate surface area is 117 Å². The SMILES string of the molecule is CN1CCN(Cc2nc3c(C(=O)O)cccc3[nH]2)CC1. The number of aromatic amines is 1. The van der Waals surface area contributed by atoms with Crippen molar-refractivity contribution in [3.63, 3.8) is 0 Å². The van der Waals surface area contributed by atoms with E-state index >= 15 is 0 Å². The van der Waals surface area contributed by atoms with E-state index in [0.717, 1.165) is 44.1 Å². The summed E-state index contributed by atoms with van der Waals surface area (Å²) in [6.45, 7) is 4.88. The van der Waals surface area contributed by atoms with Gasteiger partial charge in [-0.25, -0.2) is 9.78 Å². The maximum Gasteiger partial charge on any atom is 0.337 e. The van der Waals surface area contributed by atoms with E-state index < -0.39 is 5.97 Å². The van der Waals surface area contributed by atoms with Gasteiger partial charge in [-0.3, -0.25) is 4.90 Å². The Kier molecular flexibility index (Phi) is 3.42. The van der Waals surface area contributed by atoms with Gasteiger partial charge in [-0.15, -0.1) is 0 Å². The summed E-state index contributed by atoms with van der Waals surface area (Å²) in [6.07, 6.45) is 0. The second-order valence-corrected chi connectivity index (χ2v) is 5.27. The smallest absolute Gasteiger partial charge is 0.337 e. The van der Waals surface area contributed by atoms with Crippen molar-refractivity contribution in [2.45, 2.75) is 6.54 Å². The molecule has 20 heavy (non-hydrogen) atoms. The minimum absolute atomic E-state index is 0.253. The zero-order valence-corrected chi connectivity index (χ0v) is 11.5. The van der Waals surface area contributed by atoms with Crippen molar-refractivity contribution < 1.29 is 9.90 Å². The molecule has 1 aromatic heterocycles. The maximum absolute atomic E-state index is 11.2. The molecule has 2 aromatic rings. The average Bonchev–Trinajstić information content (AvgIpc) is 2.83. The van der Waals surface area contributed by atoms with Crippen LogP contribution in [0, 0.1) is 0 Å². The minimum atomic E-state index is -0.937. The average molecular weight is 274 g/mol. The number of carboxylic acid groups (broad SMARTS) is 1. The summed E-state index contributed by atoms with van der Waals surface area (Å²) < 4.78 is 0. The van der Waals surface area contributed by atoms with Gasteiger partial charge in [-0.2, -0.15) is 0 Å². The number of aromatic nitrogens is 2. The number of carbonyl (C=O) groups is 1. The molecule has 0 amide bonds. The quantitative estimate of drug-likeness (QED) is 0.874. The van der Waals surface area contributed by atoms with Crippen molar-refractivity contribution in [2.24, 2.45) is 0 Å². The molecule has 1 aliphatic rings. The first-order valence-corrected chi connectivity index (χ1v) is 6.75. The van der Waals surface area contributed by atoms with Crippen LogP contribution < -0.4 is 0 Å². The number of para-hydroxylation sites is 1. The van der Waals surface area contributed by atoms with Crippen LogP contribution in [0.5, 0.6) is 0 Å². The first-order valence-electron chi connectivity index (χ1n) is 6.75. The molecule has 1 saturated heterocycles. The van der Waals surface area contributed by atoms with E-state index in [9.17, 15) is 9.90 Å². The largest absolute Gasteiger partial charge is 0.478 e. The van der Waals surface area contributed by atoms with Gasteiger partial charge in [0.1, 0.15) is 11.3 Å². The molecule has 0 aliphatic carbocycles. The Morgan fingerprint density at radius 2 is 2.10 bits per heavy atom. The third kappa shape index (κ3) is 2.52. The number of likely N-dealkylation sites (N-methyl/N-ethyl adjacent to an activating group) is 1. The standard InChI is InChI=1S/C14H18N4O2/c1-17-5-7-18(8-6-17)9-12-15-11-4-2-3-10(14(19)20)13(11)16-12/h2-4H,5-9H2,1H3,(H,15,16)(H,19,20). The van der Waals surface area contributed by atoms with Crippen molar-refractivity contribution >= 4 is 17.0 Å². The Balaban J connectivity index is 1.82. The number of imidazole rings is 1. The van der Waals surface area contributed by atoms with E-state index in [1.54, 1.807) is 12.1 Å². The molecule has 106 valence electrons. The van der Waals surface area contributed by atoms with Crippen LogP contribution >= 0.6 is 0 Å². The molecule has 0 unspecified atom stereocenters. The monoisotopic (exact) mass is 274 g/mol. The van der Waals surface area contributed by atoms with Gasteiger partial charge in [0, 0.05) is 26.2 Å². The van der Waals surface area contributed by atoms with Crippen LogP contribution in [-0.2, 0) is 6.54 Å². The summed E-state index contributed by atoms with van der Waals surface area (Å²) in [5, 5.41) is 9.17. The summed E-state index contributed by atoms with van der Waals surface area (Å²) >= 11 is 0. The zero-order valence-electron chi connectivity index (χ0n) is 11.5. The molecule has 1 aromatic carbocycles. The van der Waals surface area contributed by atoms with Crippen LogP contribution in [0.1, 0.15) is 16.2 Å². The Morgan fingerprint density at radius 1 is 1.35 bits per heavy atom. The Morgan fingerprint density at radius 3 is 2.80 bits per heavy atom. The lowest BCUT2D eigenvalue weighted by Gasteiger charge is -2.31. The normalized spacial score (nSPS) is 17.6. The molecule has 6 heteroatoms. The van der Waals surface area contributed by atoms with E-state index in [1.165, 1.54) is 0 Å². The Hall–Kier alpha value is -1.92. The molecule has 0 bridgehead atoms. The third-order valence-electron chi connectivity index (χ3n) is 3.76. The highest BCUT2D eigenvalue weighted by Gasteiger charge is 2.17. The number of benzene rings is 1. The fourth-order valence-corrected chi connectivity index (χ4v) is 2.55. The van der Waals surface area contributed by atoms with Crippen LogP contribution in [0.25, 0.3) is 11.0 Å². The molecule has 0 atom stereocenters. The zero-order chi connectivity index (χ0) is 14.1. The molecule has 1 aliphatic heterocycles. The summed E-state index contributed by atoms with van der Waals surface area (Å²) in [4.78, 5) is 23.5. The summed E-state index contributed by atoms with van der Waals surface area (Å²) in [5.41, 5.74) is 1.58. The van der Waals surface area contributed by atoms with Crippen molar-refractivity contribution in [3.8, 4) is 0 Å². The number of nitrogens with zero attached hydrogens (tertiary/aromatic N) is 3. The summed E-state index contributed by atoms with van der Waals surface area (Å²) in [7, 11) is 2.12. The molecule has 0 saturated carbocycles. The summed E-state index contributed by atoms with van der Waals surface area (Å²) in [6, 6.07) is 5.19. The van der Waals surface area contributed by atoms with E-state index in [2.05, 4.69) is 26.8 Å². The summed E-state index contributed by atoms with van der Waals surface area (Å²) in [5.74, 6) is -0.105. The highest BCUT2D eigenvalue weighted by atomic mass is 16.4. The Bertz CT molecular complexity index is 629. The topological polar surface area (TPSA) is 72.5 Å².